The molecule has 6 heteroatoms. The number of benzene rings is 3. The SMILES string of the molecule is O=C(Nc1ccc(O)c2c1C(=O)c1ccccc1C2=O)Oc1ccccc1. The van der Waals surface area contributed by atoms with Gasteiger partial charge in [-0.25, -0.2) is 4.79 Å². The fraction of sp³-hybridized carbons (Fsp3) is 0. The quantitative estimate of drug-likeness (QED) is 0.531. The van der Waals surface area contributed by atoms with E-state index in [9.17, 15) is 19.5 Å². The van der Waals surface area contributed by atoms with Crippen LogP contribution in [0.2, 0.25) is 0 Å². The highest BCUT2D eigenvalue weighted by Gasteiger charge is 2.34. The van der Waals surface area contributed by atoms with Gasteiger partial charge in [0.15, 0.2) is 11.6 Å². The third kappa shape index (κ3) is 2.83. The van der Waals surface area contributed by atoms with E-state index in [4.69, 9.17) is 4.74 Å². The normalized spacial score (nSPS) is 12.1. The molecule has 0 aliphatic heterocycles. The smallest absolute Gasteiger partial charge is 0.417 e. The summed E-state index contributed by atoms with van der Waals surface area (Å²) in [4.78, 5) is 37.9. The molecule has 0 unspecified atom stereocenters. The molecule has 2 N–H and O–H groups in total. The Morgan fingerprint density at radius 1 is 0.778 bits per heavy atom. The predicted octanol–water partition coefficient (Wildman–Crippen LogP) is 3.78. The lowest BCUT2D eigenvalue weighted by Crippen LogP contribution is -2.25. The van der Waals surface area contributed by atoms with Gasteiger partial charge in [-0.05, 0) is 24.3 Å². The van der Waals surface area contributed by atoms with Gasteiger partial charge in [-0.1, -0.05) is 42.5 Å². The van der Waals surface area contributed by atoms with Gasteiger partial charge in [0.2, 0.25) is 0 Å². The predicted molar refractivity (Wildman–Crippen MR) is 97.5 cm³/mol. The summed E-state index contributed by atoms with van der Waals surface area (Å²) in [6.45, 7) is 0. The highest BCUT2D eigenvalue weighted by Crippen LogP contribution is 2.37. The van der Waals surface area contributed by atoms with Gasteiger partial charge in [0, 0.05) is 11.1 Å². The first-order chi connectivity index (χ1) is 13.1. The van der Waals surface area contributed by atoms with Crippen molar-refractivity contribution in [1.29, 1.82) is 0 Å². The summed E-state index contributed by atoms with van der Waals surface area (Å²) >= 11 is 0. The fourth-order valence-electron chi connectivity index (χ4n) is 3.04. The van der Waals surface area contributed by atoms with Crippen molar-refractivity contribution in [3.8, 4) is 11.5 Å². The van der Waals surface area contributed by atoms with Gasteiger partial charge in [-0.3, -0.25) is 14.9 Å². The molecule has 6 nitrogen and oxygen atoms in total. The molecule has 132 valence electrons. The number of phenols is 1. The number of fused-ring (bicyclic) bond motifs is 2. The van der Waals surface area contributed by atoms with Gasteiger partial charge < -0.3 is 9.84 Å². The number of hydrogen-bond acceptors (Lipinski definition) is 5. The molecule has 1 aliphatic carbocycles. The monoisotopic (exact) mass is 359 g/mol. The minimum Gasteiger partial charge on any atom is -0.507 e. The molecule has 27 heavy (non-hydrogen) atoms. The molecule has 1 aliphatic rings. The van der Waals surface area contributed by atoms with E-state index < -0.39 is 17.7 Å². The van der Waals surface area contributed by atoms with Crippen LogP contribution in [0.1, 0.15) is 31.8 Å². The summed E-state index contributed by atoms with van der Waals surface area (Å²) in [6, 6.07) is 17.4. The van der Waals surface area contributed by atoms with Crippen LogP contribution < -0.4 is 10.1 Å². The first-order valence-corrected chi connectivity index (χ1v) is 8.14. The minimum absolute atomic E-state index is 0.0521. The van der Waals surface area contributed by atoms with E-state index in [0.29, 0.717) is 5.75 Å². The zero-order valence-corrected chi connectivity index (χ0v) is 13.9. The molecule has 1 amide bonds. The Hall–Kier alpha value is -3.93. The molecule has 0 bridgehead atoms. The molecule has 4 rings (SSSR count). The lowest BCUT2D eigenvalue weighted by molar-refractivity contribution is 0.0977. The number of amides is 1. The van der Waals surface area contributed by atoms with Crippen LogP contribution in [0.3, 0.4) is 0 Å². The van der Waals surface area contributed by atoms with E-state index in [0.717, 1.165) is 0 Å². The second kappa shape index (κ2) is 6.42. The number of hydrogen-bond donors (Lipinski definition) is 2. The van der Waals surface area contributed by atoms with E-state index >= 15 is 0 Å². The van der Waals surface area contributed by atoms with Crippen LogP contribution in [0.25, 0.3) is 0 Å². The molecule has 0 heterocycles. The molecule has 0 spiro atoms. The van der Waals surface area contributed by atoms with Gasteiger partial charge in [-0.15, -0.1) is 0 Å². The van der Waals surface area contributed by atoms with Crippen LogP contribution >= 0.6 is 0 Å². The highest BCUT2D eigenvalue weighted by molar-refractivity contribution is 6.31. The van der Waals surface area contributed by atoms with Gasteiger partial charge in [0.1, 0.15) is 11.5 Å². The Morgan fingerprint density at radius 2 is 1.37 bits per heavy atom. The summed E-state index contributed by atoms with van der Waals surface area (Å²) < 4.78 is 5.16. The molecule has 3 aromatic rings. The van der Waals surface area contributed by atoms with Crippen LogP contribution in [0.5, 0.6) is 11.5 Å². The molecule has 0 saturated heterocycles. The highest BCUT2D eigenvalue weighted by atomic mass is 16.6. The Kier molecular flexibility index (Phi) is 3.93. The largest absolute Gasteiger partial charge is 0.507 e. The number of para-hydroxylation sites is 1. The van der Waals surface area contributed by atoms with Crippen molar-refractivity contribution in [3.05, 3.63) is 89.0 Å². The van der Waals surface area contributed by atoms with Crippen LogP contribution in [0.4, 0.5) is 10.5 Å². The van der Waals surface area contributed by atoms with Crippen molar-refractivity contribution in [2.24, 2.45) is 0 Å². The van der Waals surface area contributed by atoms with E-state index in [2.05, 4.69) is 5.32 Å². The number of anilines is 1. The molecule has 0 fully saturated rings. The van der Waals surface area contributed by atoms with Gasteiger partial charge >= 0.3 is 6.09 Å². The van der Waals surface area contributed by atoms with E-state index in [-0.39, 0.29) is 33.7 Å². The zero-order valence-electron chi connectivity index (χ0n) is 13.9. The molecule has 3 aromatic carbocycles. The Bertz CT molecular complexity index is 1090. The number of carbonyl (C=O) groups is 3. The average Bonchev–Trinajstić information content (AvgIpc) is 2.68. The number of phenolic OH excluding ortho intramolecular Hbond substituents is 1. The summed E-state index contributed by atoms with van der Waals surface area (Å²) in [5.74, 6) is -0.917. The number of ketones is 2. The van der Waals surface area contributed by atoms with Crippen molar-refractivity contribution in [2.75, 3.05) is 5.32 Å². The second-order valence-corrected chi connectivity index (χ2v) is 5.91. The summed E-state index contributed by atoms with van der Waals surface area (Å²) in [5.41, 5.74) is 0.353. The van der Waals surface area contributed by atoms with Crippen molar-refractivity contribution < 1.29 is 24.2 Å². The van der Waals surface area contributed by atoms with Crippen LogP contribution in [0, 0.1) is 0 Å². The standard InChI is InChI=1S/C21H13NO5/c23-16-11-10-15(22-21(26)27-12-6-2-1-3-7-12)17-18(16)20(25)14-9-5-4-8-13(14)19(17)24/h1-11,23H,(H,22,26). The number of carbonyl (C=O) groups excluding carboxylic acids is 3. The first kappa shape index (κ1) is 16.5. The third-order valence-electron chi connectivity index (χ3n) is 4.24. The van der Waals surface area contributed by atoms with E-state index in [1.165, 1.54) is 24.3 Å². The first-order valence-electron chi connectivity index (χ1n) is 8.14. The second-order valence-electron chi connectivity index (χ2n) is 5.91. The molecule has 0 saturated carbocycles. The zero-order chi connectivity index (χ0) is 19.0. The number of rotatable bonds is 2. The number of aromatic hydroxyl groups is 1. The van der Waals surface area contributed by atoms with Crippen molar-refractivity contribution in [3.63, 3.8) is 0 Å². The fourth-order valence-corrected chi connectivity index (χ4v) is 3.04. The van der Waals surface area contributed by atoms with E-state index in [1.807, 2.05) is 0 Å². The molecule has 0 aromatic heterocycles. The minimum atomic E-state index is -0.812. The van der Waals surface area contributed by atoms with Gasteiger partial charge in [-0.2, -0.15) is 0 Å². The molecule has 0 atom stereocenters. The van der Waals surface area contributed by atoms with Crippen molar-refractivity contribution in [2.45, 2.75) is 0 Å². The van der Waals surface area contributed by atoms with Gasteiger partial charge in [0.25, 0.3) is 0 Å². The molecule has 0 radical (unpaired) electrons. The van der Waals surface area contributed by atoms with Gasteiger partial charge in [0.05, 0.1) is 16.8 Å². The van der Waals surface area contributed by atoms with Crippen molar-refractivity contribution >= 4 is 23.3 Å². The molecular weight excluding hydrogens is 346 g/mol. The maximum atomic E-state index is 12.9. The lowest BCUT2D eigenvalue weighted by atomic mass is 9.82. The van der Waals surface area contributed by atoms with Crippen LogP contribution in [-0.2, 0) is 0 Å². The van der Waals surface area contributed by atoms with Crippen molar-refractivity contribution in [1.82, 2.24) is 0 Å². The van der Waals surface area contributed by atoms with E-state index in [1.54, 1.807) is 42.5 Å². The Labute approximate surface area is 154 Å². The maximum Gasteiger partial charge on any atom is 0.417 e. The lowest BCUT2D eigenvalue weighted by Gasteiger charge is -2.21. The summed E-state index contributed by atoms with van der Waals surface area (Å²) in [6.07, 6.45) is -0.812. The van der Waals surface area contributed by atoms with Crippen LogP contribution in [0.15, 0.2) is 66.7 Å². The maximum absolute atomic E-state index is 12.9. The topological polar surface area (TPSA) is 92.7 Å². The molecular formula is C21H13NO5. The summed E-state index contributed by atoms with van der Waals surface area (Å²) in [5, 5.41) is 12.6. The average molecular weight is 359 g/mol. The summed E-state index contributed by atoms with van der Waals surface area (Å²) in [7, 11) is 0. The third-order valence-corrected chi connectivity index (χ3v) is 4.24. The number of nitrogens with one attached hydrogen (secondary N) is 1. The number of ether oxygens (including phenoxy) is 1. The Balaban J connectivity index is 1.73. The van der Waals surface area contributed by atoms with Crippen LogP contribution in [-0.4, -0.2) is 22.8 Å². The Morgan fingerprint density at radius 3 is 2.04 bits per heavy atom.